The summed E-state index contributed by atoms with van der Waals surface area (Å²) >= 11 is 0. The topological polar surface area (TPSA) is 19.6 Å². The standard InChI is InChI=1S/C25H24N2O/c1-14-9-10-18-19-12-11-17-15(2)16(3)25-26(4)20-7-5-6-8-21(20)27(25)23(17)24(19)28-22(18)13-14/h5-13,15-16,25H,1-4H3. The van der Waals surface area contributed by atoms with Crippen molar-refractivity contribution in [1.29, 1.82) is 0 Å². The van der Waals surface area contributed by atoms with E-state index in [4.69, 9.17) is 4.42 Å². The SMILES string of the molecule is Cc1ccc2c(c1)oc1c3c(ccc12)C(C)C(C)C1N(C)c2ccccc2N31. The van der Waals surface area contributed by atoms with Crippen molar-refractivity contribution in [2.75, 3.05) is 16.8 Å². The molecule has 28 heavy (non-hydrogen) atoms. The highest BCUT2D eigenvalue weighted by molar-refractivity contribution is 6.11. The van der Waals surface area contributed by atoms with Gasteiger partial charge in [0.2, 0.25) is 0 Å². The van der Waals surface area contributed by atoms with Crippen LogP contribution in [0.4, 0.5) is 17.1 Å². The third kappa shape index (κ3) is 1.84. The normalized spacial score (nSPS) is 23.2. The second kappa shape index (κ2) is 5.32. The molecule has 3 unspecified atom stereocenters. The summed E-state index contributed by atoms with van der Waals surface area (Å²) in [7, 11) is 2.22. The molecule has 2 aliphatic heterocycles. The maximum atomic E-state index is 6.51. The summed E-state index contributed by atoms with van der Waals surface area (Å²) in [4.78, 5) is 4.96. The molecule has 0 radical (unpaired) electrons. The molecule has 0 saturated heterocycles. The Morgan fingerprint density at radius 2 is 1.64 bits per heavy atom. The van der Waals surface area contributed by atoms with Crippen LogP contribution < -0.4 is 9.80 Å². The first-order chi connectivity index (χ1) is 13.6. The Bertz CT molecular complexity index is 1250. The highest BCUT2D eigenvalue weighted by Crippen LogP contribution is 2.55. The predicted molar refractivity (Wildman–Crippen MR) is 117 cm³/mol. The first kappa shape index (κ1) is 16.1. The van der Waals surface area contributed by atoms with Gasteiger partial charge in [0.05, 0.1) is 17.1 Å². The Morgan fingerprint density at radius 3 is 2.46 bits per heavy atom. The van der Waals surface area contributed by atoms with Crippen LogP contribution in [-0.2, 0) is 0 Å². The first-order valence-electron chi connectivity index (χ1n) is 10.1. The smallest absolute Gasteiger partial charge is 0.159 e. The lowest BCUT2D eigenvalue weighted by Gasteiger charge is -2.44. The predicted octanol–water partition coefficient (Wildman–Crippen LogP) is 6.56. The first-order valence-corrected chi connectivity index (χ1v) is 10.1. The van der Waals surface area contributed by atoms with Gasteiger partial charge < -0.3 is 14.2 Å². The van der Waals surface area contributed by atoms with Crippen LogP contribution in [0, 0.1) is 12.8 Å². The Hall–Kier alpha value is -2.94. The van der Waals surface area contributed by atoms with E-state index in [2.05, 4.69) is 92.2 Å². The van der Waals surface area contributed by atoms with Gasteiger partial charge in [0.1, 0.15) is 11.7 Å². The van der Waals surface area contributed by atoms with Gasteiger partial charge in [0.15, 0.2) is 5.58 Å². The summed E-state index contributed by atoms with van der Waals surface area (Å²) < 4.78 is 6.51. The number of hydrogen-bond donors (Lipinski definition) is 0. The number of rotatable bonds is 0. The molecular weight excluding hydrogens is 344 g/mol. The molecule has 4 aromatic rings. The molecule has 3 aromatic carbocycles. The Morgan fingerprint density at radius 1 is 0.893 bits per heavy atom. The van der Waals surface area contributed by atoms with Crippen LogP contribution in [0.1, 0.15) is 30.9 Å². The van der Waals surface area contributed by atoms with Gasteiger partial charge in [-0.2, -0.15) is 0 Å². The van der Waals surface area contributed by atoms with E-state index in [0.717, 1.165) is 11.2 Å². The van der Waals surface area contributed by atoms with E-state index in [9.17, 15) is 0 Å². The van der Waals surface area contributed by atoms with Gasteiger partial charge in [-0.25, -0.2) is 0 Å². The molecule has 140 valence electrons. The van der Waals surface area contributed by atoms with Crippen LogP contribution in [0.3, 0.4) is 0 Å². The molecule has 0 spiro atoms. The van der Waals surface area contributed by atoms with Gasteiger partial charge in [0.25, 0.3) is 0 Å². The lowest BCUT2D eigenvalue weighted by molar-refractivity contribution is 0.379. The van der Waals surface area contributed by atoms with Crippen molar-refractivity contribution < 1.29 is 4.42 Å². The van der Waals surface area contributed by atoms with Gasteiger partial charge in [-0.1, -0.05) is 50.2 Å². The largest absolute Gasteiger partial charge is 0.454 e. The van der Waals surface area contributed by atoms with Gasteiger partial charge in [-0.3, -0.25) is 0 Å². The number of fused-ring (bicyclic) bond motifs is 9. The number of aryl methyl sites for hydroxylation is 1. The van der Waals surface area contributed by atoms with Crippen LogP contribution >= 0.6 is 0 Å². The molecule has 3 heteroatoms. The third-order valence-corrected chi connectivity index (χ3v) is 6.98. The van der Waals surface area contributed by atoms with E-state index in [0.29, 0.717) is 18.0 Å². The highest BCUT2D eigenvalue weighted by atomic mass is 16.3. The molecule has 0 amide bonds. The maximum absolute atomic E-state index is 6.51. The molecule has 3 nitrogen and oxygen atoms in total. The minimum absolute atomic E-state index is 0.306. The van der Waals surface area contributed by atoms with Gasteiger partial charge >= 0.3 is 0 Å². The van der Waals surface area contributed by atoms with Crippen molar-refractivity contribution in [2.45, 2.75) is 32.9 Å². The fourth-order valence-electron chi connectivity index (χ4n) is 5.37. The summed E-state index contributed by atoms with van der Waals surface area (Å²) in [6.45, 7) is 6.85. The average Bonchev–Trinajstić information content (AvgIpc) is 3.21. The Labute approximate surface area is 165 Å². The number of anilines is 3. The van der Waals surface area contributed by atoms with Crippen LogP contribution in [0.15, 0.2) is 59.0 Å². The van der Waals surface area contributed by atoms with Crippen molar-refractivity contribution in [2.24, 2.45) is 5.92 Å². The molecule has 0 bridgehead atoms. The second-order valence-electron chi connectivity index (χ2n) is 8.51. The molecule has 1 aromatic heterocycles. The Kier molecular flexibility index (Phi) is 3.05. The molecular formula is C25H24N2O. The third-order valence-electron chi connectivity index (χ3n) is 6.98. The fraction of sp³-hybridized carbons (Fsp3) is 0.280. The lowest BCUT2D eigenvalue weighted by Crippen LogP contribution is -2.48. The average molecular weight is 368 g/mol. The fourth-order valence-corrected chi connectivity index (χ4v) is 5.37. The van der Waals surface area contributed by atoms with E-state index in [1.165, 1.54) is 39.0 Å². The van der Waals surface area contributed by atoms with Crippen LogP contribution in [-0.4, -0.2) is 13.2 Å². The van der Waals surface area contributed by atoms with E-state index < -0.39 is 0 Å². The van der Waals surface area contributed by atoms with E-state index in [1.807, 2.05) is 0 Å². The van der Waals surface area contributed by atoms with E-state index >= 15 is 0 Å². The summed E-state index contributed by atoms with van der Waals surface area (Å²) in [6, 6.07) is 19.8. The van der Waals surface area contributed by atoms with Crippen molar-refractivity contribution in [3.63, 3.8) is 0 Å². The number of para-hydroxylation sites is 2. The van der Waals surface area contributed by atoms with Crippen LogP contribution in [0.5, 0.6) is 0 Å². The quantitative estimate of drug-likeness (QED) is 0.350. The summed E-state index contributed by atoms with van der Waals surface area (Å²) in [6.07, 6.45) is 0.306. The minimum atomic E-state index is 0.306. The minimum Gasteiger partial charge on any atom is -0.454 e. The van der Waals surface area contributed by atoms with Gasteiger partial charge in [-0.15, -0.1) is 0 Å². The molecule has 6 rings (SSSR count). The van der Waals surface area contributed by atoms with E-state index in [-0.39, 0.29) is 0 Å². The monoisotopic (exact) mass is 368 g/mol. The van der Waals surface area contributed by atoms with Crippen molar-refractivity contribution in [3.8, 4) is 0 Å². The highest BCUT2D eigenvalue weighted by Gasteiger charge is 2.46. The second-order valence-corrected chi connectivity index (χ2v) is 8.51. The summed E-state index contributed by atoms with van der Waals surface area (Å²) in [5.41, 5.74) is 8.43. The number of nitrogens with zero attached hydrogens (tertiary/aromatic N) is 2. The Balaban J connectivity index is 1.73. The summed E-state index contributed by atoms with van der Waals surface area (Å²) in [5.74, 6) is 0.973. The number of furan rings is 1. The summed E-state index contributed by atoms with van der Waals surface area (Å²) in [5, 5.41) is 2.41. The van der Waals surface area contributed by atoms with Crippen LogP contribution in [0.25, 0.3) is 21.9 Å². The molecule has 3 heterocycles. The van der Waals surface area contributed by atoms with E-state index in [1.54, 1.807) is 0 Å². The zero-order valence-corrected chi connectivity index (χ0v) is 16.7. The number of benzene rings is 3. The number of hydrogen-bond acceptors (Lipinski definition) is 3. The molecule has 0 saturated carbocycles. The van der Waals surface area contributed by atoms with Crippen molar-refractivity contribution in [1.82, 2.24) is 0 Å². The maximum Gasteiger partial charge on any atom is 0.159 e. The molecule has 0 fully saturated rings. The lowest BCUT2D eigenvalue weighted by atomic mass is 9.81. The zero-order chi connectivity index (χ0) is 19.2. The van der Waals surface area contributed by atoms with Gasteiger partial charge in [-0.05, 0) is 42.2 Å². The molecule has 0 aliphatic carbocycles. The zero-order valence-electron chi connectivity index (χ0n) is 16.7. The molecule has 0 N–H and O–H groups in total. The van der Waals surface area contributed by atoms with Gasteiger partial charge in [0, 0.05) is 23.7 Å². The van der Waals surface area contributed by atoms with Crippen molar-refractivity contribution in [3.05, 3.63) is 65.7 Å². The van der Waals surface area contributed by atoms with Crippen LogP contribution in [0.2, 0.25) is 0 Å². The molecule has 3 atom stereocenters. The molecule has 2 aliphatic rings. The van der Waals surface area contributed by atoms with Crippen molar-refractivity contribution >= 4 is 39.0 Å².